The average Bonchev–Trinajstić information content (AvgIpc) is 3.12. The van der Waals surface area contributed by atoms with Crippen LogP contribution in [0.15, 0.2) is 42.5 Å². The summed E-state index contributed by atoms with van der Waals surface area (Å²) in [6.07, 6.45) is 10.8. The molecule has 0 nitrogen and oxygen atoms in total. The first kappa shape index (κ1) is 15.0. The van der Waals surface area contributed by atoms with Crippen molar-refractivity contribution in [3.63, 3.8) is 0 Å². The van der Waals surface area contributed by atoms with Crippen LogP contribution in [0.4, 0.5) is 0 Å². The number of benzene rings is 2. The third-order valence-corrected chi connectivity index (χ3v) is 4.67. The van der Waals surface area contributed by atoms with E-state index >= 15 is 0 Å². The number of hydrogen-bond donors (Lipinski definition) is 0. The Morgan fingerprint density at radius 1 is 0.857 bits per heavy atom. The molecule has 0 unspecified atom stereocenters. The van der Waals surface area contributed by atoms with Gasteiger partial charge in [-0.1, -0.05) is 54.4 Å². The SMILES string of the molecule is [C-]1=C(CCc2ccccc2)c2c(ccc3c2CCC3)C1.[Hf]. The van der Waals surface area contributed by atoms with Gasteiger partial charge < -0.3 is 0 Å². The molecule has 21 heavy (non-hydrogen) atoms. The summed E-state index contributed by atoms with van der Waals surface area (Å²) in [5, 5.41) is 0. The Morgan fingerprint density at radius 2 is 1.67 bits per heavy atom. The van der Waals surface area contributed by atoms with Gasteiger partial charge in [0.15, 0.2) is 0 Å². The zero-order chi connectivity index (χ0) is 13.4. The molecule has 0 aliphatic heterocycles. The standard InChI is InChI=1S/C20H19.Hf/c1-2-5-15(6-3-1)9-10-17-13-14-18-12-11-16-7-4-8-19(16)20(17)18;/h1-3,5-6,11-12H,4,7-10,14H2;/q-1;. The maximum atomic E-state index is 3.64. The van der Waals surface area contributed by atoms with Gasteiger partial charge in [-0.2, -0.15) is 5.56 Å². The summed E-state index contributed by atoms with van der Waals surface area (Å²) in [5.74, 6) is 0. The van der Waals surface area contributed by atoms with Crippen LogP contribution in [0, 0.1) is 6.08 Å². The normalized spacial score (nSPS) is 15.1. The van der Waals surface area contributed by atoms with E-state index in [1.807, 2.05) is 0 Å². The molecule has 0 saturated carbocycles. The second-order valence-electron chi connectivity index (χ2n) is 5.91. The maximum Gasteiger partial charge on any atom is 0 e. The first-order chi connectivity index (χ1) is 9.92. The van der Waals surface area contributed by atoms with Crippen LogP contribution in [0.3, 0.4) is 0 Å². The molecule has 104 valence electrons. The molecule has 0 N–H and O–H groups in total. The van der Waals surface area contributed by atoms with E-state index in [1.165, 1.54) is 36.0 Å². The Balaban J connectivity index is 0.00000132. The molecule has 0 bridgehead atoms. The Labute approximate surface area is 146 Å². The number of aryl methyl sites for hydroxylation is 2. The van der Waals surface area contributed by atoms with Crippen molar-refractivity contribution in [3.8, 4) is 0 Å². The summed E-state index contributed by atoms with van der Waals surface area (Å²) in [7, 11) is 0. The molecule has 0 atom stereocenters. The van der Waals surface area contributed by atoms with Gasteiger partial charge in [-0.25, -0.2) is 5.57 Å². The quantitative estimate of drug-likeness (QED) is 0.488. The van der Waals surface area contributed by atoms with E-state index < -0.39 is 0 Å². The van der Waals surface area contributed by atoms with Crippen LogP contribution in [0.25, 0.3) is 5.57 Å². The van der Waals surface area contributed by atoms with Gasteiger partial charge >= 0.3 is 0 Å². The fraction of sp³-hybridized carbons (Fsp3) is 0.300. The smallest absolute Gasteiger partial charge is 0 e. The van der Waals surface area contributed by atoms with Gasteiger partial charge in [-0.3, -0.25) is 6.08 Å². The van der Waals surface area contributed by atoms with Gasteiger partial charge in [0.05, 0.1) is 0 Å². The van der Waals surface area contributed by atoms with Gasteiger partial charge in [0, 0.05) is 25.8 Å². The molecule has 0 heterocycles. The predicted molar refractivity (Wildman–Crippen MR) is 83.6 cm³/mol. The number of allylic oxidation sites excluding steroid dienone is 2. The third kappa shape index (κ3) is 2.85. The van der Waals surface area contributed by atoms with Gasteiger partial charge in [0.2, 0.25) is 0 Å². The molecule has 2 aliphatic rings. The molecule has 0 spiro atoms. The minimum absolute atomic E-state index is 0. The summed E-state index contributed by atoms with van der Waals surface area (Å²) < 4.78 is 0. The van der Waals surface area contributed by atoms with Crippen LogP contribution in [0.1, 0.15) is 40.7 Å². The van der Waals surface area contributed by atoms with Gasteiger partial charge in [0.1, 0.15) is 0 Å². The van der Waals surface area contributed by atoms with E-state index in [0.717, 1.165) is 19.3 Å². The molecule has 0 fully saturated rings. The zero-order valence-corrected chi connectivity index (χ0v) is 15.9. The molecule has 4 rings (SSSR count). The minimum atomic E-state index is 0. The summed E-state index contributed by atoms with van der Waals surface area (Å²) in [6, 6.07) is 15.5. The second kappa shape index (κ2) is 6.44. The van der Waals surface area contributed by atoms with Crippen LogP contribution in [-0.2, 0) is 51.5 Å². The van der Waals surface area contributed by atoms with Gasteiger partial charge in [0.25, 0.3) is 0 Å². The predicted octanol–water partition coefficient (Wildman–Crippen LogP) is 4.55. The van der Waals surface area contributed by atoms with Crippen molar-refractivity contribution in [2.75, 3.05) is 0 Å². The largest absolute Gasteiger partial charge is 0.268 e. The van der Waals surface area contributed by atoms with E-state index in [-0.39, 0.29) is 25.8 Å². The van der Waals surface area contributed by atoms with E-state index in [4.69, 9.17) is 0 Å². The molecule has 0 amide bonds. The summed E-state index contributed by atoms with van der Waals surface area (Å²) in [4.78, 5) is 0. The van der Waals surface area contributed by atoms with Crippen molar-refractivity contribution >= 4 is 5.57 Å². The summed E-state index contributed by atoms with van der Waals surface area (Å²) in [6.45, 7) is 0. The van der Waals surface area contributed by atoms with E-state index in [2.05, 4.69) is 48.5 Å². The zero-order valence-electron chi connectivity index (χ0n) is 12.3. The molecule has 0 radical (unpaired) electrons. The molecule has 2 aliphatic carbocycles. The van der Waals surface area contributed by atoms with Crippen LogP contribution >= 0.6 is 0 Å². The number of rotatable bonds is 3. The van der Waals surface area contributed by atoms with Gasteiger partial charge in [-0.15, -0.1) is 17.5 Å². The first-order valence-electron chi connectivity index (χ1n) is 7.69. The molecular weight excluding hydrogens is 419 g/mol. The number of fused-ring (bicyclic) bond motifs is 3. The number of hydrogen-bond acceptors (Lipinski definition) is 0. The molecule has 1 heteroatoms. The van der Waals surface area contributed by atoms with E-state index in [0.29, 0.717) is 0 Å². The maximum absolute atomic E-state index is 3.64. The second-order valence-corrected chi connectivity index (χ2v) is 5.91. The third-order valence-electron chi connectivity index (χ3n) is 4.67. The van der Waals surface area contributed by atoms with Crippen LogP contribution in [0.2, 0.25) is 0 Å². The van der Waals surface area contributed by atoms with E-state index in [1.54, 1.807) is 16.7 Å². The van der Waals surface area contributed by atoms with Crippen molar-refractivity contribution in [2.24, 2.45) is 0 Å². The monoisotopic (exact) mass is 439 g/mol. The minimum Gasteiger partial charge on any atom is -0.268 e. The van der Waals surface area contributed by atoms with Crippen molar-refractivity contribution in [2.45, 2.75) is 38.5 Å². The topological polar surface area (TPSA) is 0 Å². The summed E-state index contributed by atoms with van der Waals surface area (Å²) >= 11 is 0. The average molecular weight is 438 g/mol. The molecule has 0 aromatic heterocycles. The van der Waals surface area contributed by atoms with Crippen molar-refractivity contribution < 1.29 is 25.8 Å². The Kier molecular flexibility index (Phi) is 4.59. The van der Waals surface area contributed by atoms with Crippen molar-refractivity contribution in [3.05, 3.63) is 76.4 Å². The molecule has 2 aromatic carbocycles. The Morgan fingerprint density at radius 3 is 2.52 bits per heavy atom. The Bertz CT molecular complexity index is 668. The molecule has 0 saturated heterocycles. The van der Waals surface area contributed by atoms with Crippen molar-refractivity contribution in [1.82, 2.24) is 0 Å². The Hall–Kier alpha value is -0.950. The van der Waals surface area contributed by atoms with Crippen LogP contribution in [-0.4, -0.2) is 0 Å². The summed E-state index contributed by atoms with van der Waals surface area (Å²) in [5.41, 5.74) is 9.20. The molecular formula is C20H19Hf-. The fourth-order valence-electron chi connectivity index (χ4n) is 3.66. The van der Waals surface area contributed by atoms with Crippen molar-refractivity contribution in [1.29, 1.82) is 0 Å². The van der Waals surface area contributed by atoms with Crippen LogP contribution in [0.5, 0.6) is 0 Å². The fourth-order valence-corrected chi connectivity index (χ4v) is 3.66. The van der Waals surface area contributed by atoms with E-state index in [9.17, 15) is 0 Å². The first-order valence-corrected chi connectivity index (χ1v) is 7.69. The van der Waals surface area contributed by atoms with Crippen LogP contribution < -0.4 is 0 Å². The van der Waals surface area contributed by atoms with Gasteiger partial charge in [-0.05, 0) is 31.2 Å². The molecule has 2 aromatic rings.